The molecule has 0 unspecified atom stereocenters. The molecule has 0 spiro atoms. The van der Waals surface area contributed by atoms with Crippen LogP contribution in [0.3, 0.4) is 0 Å². The van der Waals surface area contributed by atoms with Crippen molar-refractivity contribution in [3.8, 4) is 33.7 Å². The number of furan rings is 1. The zero-order valence-corrected chi connectivity index (χ0v) is 29.7. The van der Waals surface area contributed by atoms with Crippen LogP contribution in [-0.2, 0) is 0 Å². The van der Waals surface area contributed by atoms with Gasteiger partial charge in [-0.15, -0.1) is 0 Å². The summed E-state index contributed by atoms with van der Waals surface area (Å²) in [6.45, 7) is 0. The van der Waals surface area contributed by atoms with Gasteiger partial charge in [-0.3, -0.25) is 0 Å². The summed E-state index contributed by atoms with van der Waals surface area (Å²) in [6.07, 6.45) is 0. The molecule has 0 N–H and O–H groups in total. The molecule has 258 valence electrons. The molecule has 55 heavy (non-hydrogen) atoms. The van der Waals surface area contributed by atoms with E-state index < -0.39 is 0 Å². The largest absolute Gasteiger partial charge is 0.456 e. The lowest BCUT2D eigenvalue weighted by Crippen LogP contribution is -2.12. The fraction of sp³-hybridized carbons (Fsp3) is 0. The van der Waals surface area contributed by atoms with Crippen LogP contribution in [0.1, 0.15) is 0 Å². The summed E-state index contributed by atoms with van der Waals surface area (Å²) in [5.74, 6) is 0.559. The summed E-state index contributed by atoms with van der Waals surface area (Å²) in [7, 11) is 0. The van der Waals surface area contributed by atoms with Gasteiger partial charge in [-0.25, -0.2) is 4.98 Å². The van der Waals surface area contributed by atoms with Crippen molar-refractivity contribution in [1.82, 2.24) is 4.98 Å². The van der Waals surface area contributed by atoms with E-state index in [0.717, 1.165) is 66.8 Å². The molecule has 0 aliphatic carbocycles. The van der Waals surface area contributed by atoms with E-state index in [1.54, 1.807) is 0 Å². The molecule has 2 heterocycles. The summed E-state index contributed by atoms with van der Waals surface area (Å²) >= 11 is 0. The van der Waals surface area contributed by atoms with Crippen molar-refractivity contribution in [3.05, 3.63) is 194 Å². The second-order valence-electron chi connectivity index (χ2n) is 13.9. The highest BCUT2D eigenvalue weighted by molar-refractivity contribution is 6.21. The SMILES string of the molecule is c1ccc(-c2nc3cc4oc5ccccc5c4c(N(c4ccc(-c5cc6ccccc6c6ccccc56)cc4)c4ccccc4-c4ccccc4)c3o2)cc1. The van der Waals surface area contributed by atoms with Crippen molar-refractivity contribution >= 4 is 71.6 Å². The lowest BCUT2D eigenvalue weighted by Gasteiger charge is -2.28. The highest BCUT2D eigenvalue weighted by Gasteiger charge is 2.28. The van der Waals surface area contributed by atoms with Crippen LogP contribution in [0, 0.1) is 0 Å². The molecule has 0 fully saturated rings. The second-order valence-corrected chi connectivity index (χ2v) is 13.9. The molecule has 0 aliphatic rings. The average Bonchev–Trinajstić information content (AvgIpc) is 3.86. The minimum atomic E-state index is 0.559. The molecule has 4 nitrogen and oxygen atoms in total. The molecule has 4 heteroatoms. The predicted octanol–water partition coefficient (Wildman–Crippen LogP) is 14.5. The highest BCUT2D eigenvalue weighted by atomic mass is 16.4. The Hall–Kier alpha value is -7.43. The quantitative estimate of drug-likeness (QED) is 0.162. The zero-order chi connectivity index (χ0) is 36.3. The summed E-state index contributed by atoms with van der Waals surface area (Å²) in [5.41, 5.74) is 11.3. The third-order valence-electron chi connectivity index (χ3n) is 10.7. The second kappa shape index (κ2) is 12.6. The Morgan fingerprint density at radius 2 is 1.04 bits per heavy atom. The monoisotopic (exact) mass is 704 g/mol. The predicted molar refractivity (Wildman–Crippen MR) is 227 cm³/mol. The number of anilines is 3. The maximum absolute atomic E-state index is 6.87. The van der Waals surface area contributed by atoms with Crippen molar-refractivity contribution in [2.45, 2.75) is 0 Å². The van der Waals surface area contributed by atoms with Gasteiger partial charge in [-0.05, 0) is 80.7 Å². The lowest BCUT2D eigenvalue weighted by atomic mass is 9.93. The van der Waals surface area contributed by atoms with E-state index in [1.807, 2.05) is 48.5 Å². The van der Waals surface area contributed by atoms with Crippen molar-refractivity contribution in [2.75, 3.05) is 4.90 Å². The minimum absolute atomic E-state index is 0.559. The number of para-hydroxylation sites is 2. The van der Waals surface area contributed by atoms with E-state index in [4.69, 9.17) is 13.8 Å². The number of benzene rings is 9. The molecule has 2 aromatic heterocycles. The van der Waals surface area contributed by atoms with E-state index in [0.29, 0.717) is 11.5 Å². The highest BCUT2D eigenvalue weighted by Crippen LogP contribution is 2.50. The molecule has 0 aliphatic heterocycles. The molecular formula is C51H32N2O2. The summed E-state index contributed by atoms with van der Waals surface area (Å²) < 4.78 is 13.5. The first kappa shape index (κ1) is 31.1. The van der Waals surface area contributed by atoms with Gasteiger partial charge in [0.2, 0.25) is 5.89 Å². The summed E-state index contributed by atoms with van der Waals surface area (Å²) in [4.78, 5) is 7.40. The van der Waals surface area contributed by atoms with Crippen LogP contribution < -0.4 is 4.90 Å². The van der Waals surface area contributed by atoms with Crippen LogP contribution in [0.15, 0.2) is 203 Å². The molecular weight excluding hydrogens is 673 g/mol. The number of hydrogen-bond acceptors (Lipinski definition) is 4. The average molecular weight is 705 g/mol. The van der Waals surface area contributed by atoms with Gasteiger partial charge >= 0.3 is 0 Å². The number of hydrogen-bond donors (Lipinski definition) is 0. The van der Waals surface area contributed by atoms with E-state index >= 15 is 0 Å². The standard InChI is InChI=1S/C51H32N2O2/c1-3-15-33(16-4-1)39-21-11-13-25-45(39)53(37-29-27-34(28-30-37)43-31-36-19-7-8-20-38(36)40-22-9-10-23-41(40)43)49-48-42-24-12-14-26-46(42)54-47(48)32-44-50(49)55-51(52-44)35-17-5-2-6-18-35/h1-32H. The number of aromatic nitrogens is 1. The smallest absolute Gasteiger partial charge is 0.227 e. The fourth-order valence-electron chi connectivity index (χ4n) is 8.17. The molecule has 0 saturated heterocycles. The van der Waals surface area contributed by atoms with Gasteiger partial charge in [0.25, 0.3) is 0 Å². The van der Waals surface area contributed by atoms with Crippen LogP contribution in [0.2, 0.25) is 0 Å². The molecule has 0 amide bonds. The van der Waals surface area contributed by atoms with Gasteiger partial charge < -0.3 is 13.7 Å². The zero-order valence-electron chi connectivity index (χ0n) is 29.7. The third kappa shape index (κ3) is 5.11. The first-order valence-electron chi connectivity index (χ1n) is 18.5. The van der Waals surface area contributed by atoms with Gasteiger partial charge in [0, 0.05) is 28.3 Å². The van der Waals surface area contributed by atoms with Crippen LogP contribution in [0.25, 0.3) is 88.3 Å². The van der Waals surface area contributed by atoms with Gasteiger partial charge in [-0.2, -0.15) is 0 Å². The van der Waals surface area contributed by atoms with Gasteiger partial charge in [0.1, 0.15) is 22.4 Å². The van der Waals surface area contributed by atoms with Crippen molar-refractivity contribution < 1.29 is 8.83 Å². The van der Waals surface area contributed by atoms with E-state index in [1.165, 1.54) is 27.1 Å². The number of fused-ring (bicyclic) bond motifs is 7. The Balaban J connectivity index is 1.20. The maximum atomic E-state index is 6.87. The Morgan fingerprint density at radius 3 is 1.84 bits per heavy atom. The van der Waals surface area contributed by atoms with E-state index in [2.05, 4.69) is 150 Å². The maximum Gasteiger partial charge on any atom is 0.227 e. The normalized spacial score (nSPS) is 11.6. The molecule has 0 atom stereocenters. The Bertz CT molecular complexity index is 3200. The first-order chi connectivity index (χ1) is 27.3. The fourth-order valence-corrected chi connectivity index (χ4v) is 8.17. The van der Waals surface area contributed by atoms with Crippen LogP contribution in [-0.4, -0.2) is 4.98 Å². The molecule has 9 aromatic carbocycles. The van der Waals surface area contributed by atoms with Gasteiger partial charge in [-0.1, -0.05) is 146 Å². The number of nitrogens with zero attached hydrogens (tertiary/aromatic N) is 2. The van der Waals surface area contributed by atoms with Crippen molar-refractivity contribution in [3.63, 3.8) is 0 Å². The van der Waals surface area contributed by atoms with Gasteiger partial charge in [0.05, 0.1) is 11.1 Å². The molecule has 0 bridgehead atoms. The Morgan fingerprint density at radius 1 is 0.418 bits per heavy atom. The molecule has 0 radical (unpaired) electrons. The summed E-state index contributed by atoms with van der Waals surface area (Å²) in [5, 5.41) is 6.93. The number of oxazole rings is 1. The van der Waals surface area contributed by atoms with E-state index in [9.17, 15) is 0 Å². The Kier molecular flexibility index (Phi) is 7.14. The van der Waals surface area contributed by atoms with Crippen molar-refractivity contribution in [1.29, 1.82) is 0 Å². The molecule has 11 rings (SSSR count). The number of rotatable bonds is 6. The summed E-state index contributed by atoms with van der Waals surface area (Å²) in [6, 6.07) is 68.0. The van der Waals surface area contributed by atoms with Crippen LogP contribution in [0.4, 0.5) is 17.1 Å². The van der Waals surface area contributed by atoms with Crippen LogP contribution in [0.5, 0.6) is 0 Å². The van der Waals surface area contributed by atoms with E-state index in [-0.39, 0.29) is 0 Å². The lowest BCUT2D eigenvalue weighted by molar-refractivity contribution is 0.620. The van der Waals surface area contributed by atoms with Crippen molar-refractivity contribution in [2.24, 2.45) is 0 Å². The molecule has 0 saturated carbocycles. The molecule has 11 aromatic rings. The third-order valence-corrected chi connectivity index (χ3v) is 10.7. The first-order valence-corrected chi connectivity index (χ1v) is 18.5. The topological polar surface area (TPSA) is 42.4 Å². The van der Waals surface area contributed by atoms with Gasteiger partial charge in [0.15, 0.2) is 5.58 Å². The van der Waals surface area contributed by atoms with Crippen LogP contribution >= 0.6 is 0 Å². The minimum Gasteiger partial charge on any atom is -0.456 e. The Labute approximate surface area is 317 Å².